The lowest BCUT2D eigenvalue weighted by molar-refractivity contribution is -0.168. The first-order chi connectivity index (χ1) is 6.02. The monoisotopic (exact) mass is 188 g/mol. The van der Waals surface area contributed by atoms with Crippen LogP contribution in [-0.2, 0) is 19.1 Å². The van der Waals surface area contributed by atoms with Crippen molar-refractivity contribution in [2.45, 2.75) is 33.3 Å². The number of ether oxygens (including phenoxy) is 2. The van der Waals surface area contributed by atoms with Gasteiger partial charge in [0.1, 0.15) is 0 Å². The molecule has 4 heteroatoms. The van der Waals surface area contributed by atoms with Gasteiger partial charge in [0.15, 0.2) is 0 Å². The van der Waals surface area contributed by atoms with Gasteiger partial charge in [-0.25, -0.2) is 4.79 Å². The van der Waals surface area contributed by atoms with Crippen LogP contribution in [0.15, 0.2) is 0 Å². The summed E-state index contributed by atoms with van der Waals surface area (Å²) < 4.78 is 9.36. The molecule has 0 aromatic rings. The molecule has 0 aliphatic carbocycles. The topological polar surface area (TPSA) is 52.6 Å². The maximum atomic E-state index is 11.1. The minimum atomic E-state index is -0.771. The maximum absolute atomic E-state index is 11.1. The first-order valence-corrected chi connectivity index (χ1v) is 4.28. The Morgan fingerprint density at radius 2 is 1.92 bits per heavy atom. The fourth-order valence-corrected chi connectivity index (χ4v) is 0.906. The van der Waals surface area contributed by atoms with Gasteiger partial charge >= 0.3 is 11.9 Å². The Hall–Kier alpha value is -1.06. The number of carbonyl (C=O) groups is 2. The Kier molecular flexibility index (Phi) is 5.11. The third-order valence-corrected chi connectivity index (χ3v) is 1.89. The van der Waals surface area contributed by atoms with E-state index >= 15 is 0 Å². The molecule has 0 spiro atoms. The lowest BCUT2D eigenvalue weighted by atomic mass is 10.0. The van der Waals surface area contributed by atoms with Crippen molar-refractivity contribution in [3.63, 3.8) is 0 Å². The summed E-state index contributed by atoms with van der Waals surface area (Å²) in [7, 11) is 1.28. The molecule has 0 aromatic heterocycles. The zero-order valence-electron chi connectivity index (χ0n) is 8.49. The summed E-state index contributed by atoms with van der Waals surface area (Å²) in [6, 6.07) is 0. The average Bonchev–Trinajstić information content (AvgIpc) is 2.11. The Bertz CT molecular complexity index is 188. The van der Waals surface area contributed by atoms with E-state index in [4.69, 9.17) is 4.74 Å². The van der Waals surface area contributed by atoms with E-state index in [0.29, 0.717) is 0 Å². The van der Waals surface area contributed by atoms with Crippen LogP contribution in [0, 0.1) is 5.92 Å². The normalized spacial score (nSPS) is 14.5. The van der Waals surface area contributed by atoms with E-state index in [1.807, 2.05) is 13.8 Å². The molecule has 0 rings (SSSR count). The molecule has 0 saturated carbocycles. The Labute approximate surface area is 78.2 Å². The number of hydrogen-bond donors (Lipinski definition) is 0. The number of hydrogen-bond acceptors (Lipinski definition) is 4. The van der Waals surface area contributed by atoms with Gasteiger partial charge in [-0.15, -0.1) is 0 Å². The summed E-state index contributed by atoms with van der Waals surface area (Å²) in [5.74, 6) is -0.975. The summed E-state index contributed by atoms with van der Waals surface area (Å²) in [5, 5.41) is 0. The van der Waals surface area contributed by atoms with Gasteiger partial charge in [-0.1, -0.05) is 13.8 Å². The first-order valence-electron chi connectivity index (χ1n) is 4.28. The van der Waals surface area contributed by atoms with Crippen LogP contribution in [-0.4, -0.2) is 25.2 Å². The fourth-order valence-electron chi connectivity index (χ4n) is 0.906. The molecular formula is C9H16O4. The van der Waals surface area contributed by atoms with Gasteiger partial charge in [0.25, 0.3) is 0 Å². The van der Waals surface area contributed by atoms with Crippen molar-refractivity contribution in [1.82, 2.24) is 0 Å². The van der Waals surface area contributed by atoms with Crippen LogP contribution in [0.25, 0.3) is 0 Å². The number of esters is 2. The summed E-state index contributed by atoms with van der Waals surface area (Å²) in [4.78, 5) is 21.8. The van der Waals surface area contributed by atoms with Crippen LogP contribution < -0.4 is 0 Å². The van der Waals surface area contributed by atoms with Crippen LogP contribution in [0.2, 0.25) is 0 Å². The highest BCUT2D eigenvalue weighted by Crippen LogP contribution is 2.13. The minimum absolute atomic E-state index is 0.0173. The van der Waals surface area contributed by atoms with Crippen molar-refractivity contribution < 1.29 is 19.1 Å². The summed E-state index contributed by atoms with van der Waals surface area (Å²) in [6.45, 7) is 5.03. The third kappa shape index (κ3) is 3.92. The molecule has 0 fully saturated rings. The van der Waals surface area contributed by atoms with Gasteiger partial charge in [0, 0.05) is 12.8 Å². The molecule has 0 unspecified atom stereocenters. The second-order valence-corrected chi connectivity index (χ2v) is 2.94. The van der Waals surface area contributed by atoms with Crippen LogP contribution in [0.1, 0.15) is 27.2 Å². The van der Waals surface area contributed by atoms with Crippen molar-refractivity contribution in [3.05, 3.63) is 0 Å². The molecule has 0 heterocycles. The molecular weight excluding hydrogens is 172 g/mol. The Morgan fingerprint density at radius 3 is 2.23 bits per heavy atom. The largest absolute Gasteiger partial charge is 0.466 e. The van der Waals surface area contributed by atoms with Gasteiger partial charge < -0.3 is 9.47 Å². The minimum Gasteiger partial charge on any atom is -0.466 e. The van der Waals surface area contributed by atoms with Crippen molar-refractivity contribution >= 4 is 11.9 Å². The number of carbonyl (C=O) groups excluding carboxylic acids is 2. The zero-order valence-corrected chi connectivity index (χ0v) is 8.49. The molecule has 0 saturated heterocycles. The van der Waals surface area contributed by atoms with Crippen molar-refractivity contribution in [2.75, 3.05) is 7.11 Å². The standard InChI is InChI=1S/C9H16O4/c1-5-6(2)8(9(11)12-4)13-7(3)10/h6,8H,5H2,1-4H3/t6-,8+/m0/s1. The SMILES string of the molecule is CC[C@H](C)[C@@H](OC(C)=O)C(=O)OC. The zero-order chi connectivity index (χ0) is 10.4. The summed E-state index contributed by atoms with van der Waals surface area (Å²) >= 11 is 0. The molecule has 0 amide bonds. The molecule has 13 heavy (non-hydrogen) atoms. The average molecular weight is 188 g/mol. The van der Waals surface area contributed by atoms with Crippen molar-refractivity contribution in [1.29, 1.82) is 0 Å². The van der Waals surface area contributed by atoms with E-state index in [1.165, 1.54) is 14.0 Å². The molecule has 0 aliphatic heterocycles. The molecule has 76 valence electrons. The van der Waals surface area contributed by atoms with Crippen LogP contribution >= 0.6 is 0 Å². The third-order valence-electron chi connectivity index (χ3n) is 1.89. The van der Waals surface area contributed by atoms with Crippen LogP contribution in [0.3, 0.4) is 0 Å². The Balaban J connectivity index is 4.35. The van der Waals surface area contributed by atoms with Crippen molar-refractivity contribution in [3.8, 4) is 0 Å². The predicted octanol–water partition coefficient (Wildman–Crippen LogP) is 1.14. The van der Waals surface area contributed by atoms with E-state index in [-0.39, 0.29) is 5.92 Å². The smallest absolute Gasteiger partial charge is 0.347 e. The van der Waals surface area contributed by atoms with Crippen molar-refractivity contribution in [2.24, 2.45) is 5.92 Å². The summed E-state index contributed by atoms with van der Waals surface area (Å²) in [6.07, 6.45) is -0.0138. The van der Waals surface area contributed by atoms with Gasteiger partial charge in [-0.3, -0.25) is 4.79 Å². The lowest BCUT2D eigenvalue weighted by Gasteiger charge is -2.19. The van der Waals surface area contributed by atoms with Gasteiger partial charge in [0.05, 0.1) is 7.11 Å². The lowest BCUT2D eigenvalue weighted by Crippen LogP contribution is -2.33. The van der Waals surface area contributed by atoms with Gasteiger partial charge in [-0.05, 0) is 6.42 Å². The fraction of sp³-hybridized carbons (Fsp3) is 0.778. The molecule has 0 aliphatic rings. The highest BCUT2D eigenvalue weighted by atomic mass is 16.6. The highest BCUT2D eigenvalue weighted by molar-refractivity contribution is 5.78. The summed E-state index contributed by atoms with van der Waals surface area (Å²) in [5.41, 5.74) is 0. The first kappa shape index (κ1) is 11.9. The molecule has 4 nitrogen and oxygen atoms in total. The van der Waals surface area contributed by atoms with E-state index in [0.717, 1.165) is 6.42 Å². The molecule has 0 aromatic carbocycles. The van der Waals surface area contributed by atoms with E-state index in [1.54, 1.807) is 0 Å². The molecule has 0 N–H and O–H groups in total. The van der Waals surface area contributed by atoms with Gasteiger partial charge in [-0.2, -0.15) is 0 Å². The molecule has 2 atom stereocenters. The van der Waals surface area contributed by atoms with Crippen LogP contribution in [0.5, 0.6) is 0 Å². The number of methoxy groups -OCH3 is 1. The van der Waals surface area contributed by atoms with E-state index < -0.39 is 18.0 Å². The highest BCUT2D eigenvalue weighted by Gasteiger charge is 2.27. The second kappa shape index (κ2) is 5.56. The maximum Gasteiger partial charge on any atom is 0.347 e. The quantitative estimate of drug-likeness (QED) is 0.621. The second-order valence-electron chi connectivity index (χ2n) is 2.94. The number of rotatable bonds is 4. The predicted molar refractivity (Wildman–Crippen MR) is 47.0 cm³/mol. The van der Waals surface area contributed by atoms with E-state index in [9.17, 15) is 9.59 Å². The van der Waals surface area contributed by atoms with E-state index in [2.05, 4.69) is 4.74 Å². The van der Waals surface area contributed by atoms with Crippen LogP contribution in [0.4, 0.5) is 0 Å². The molecule has 0 radical (unpaired) electrons. The molecule has 0 bridgehead atoms. The van der Waals surface area contributed by atoms with Gasteiger partial charge in [0.2, 0.25) is 6.10 Å². The Morgan fingerprint density at radius 1 is 1.38 bits per heavy atom.